The molecule has 0 atom stereocenters. The molecule has 0 radical (unpaired) electrons. The summed E-state index contributed by atoms with van der Waals surface area (Å²) in [4.78, 5) is 8.90. The third-order valence-electron chi connectivity index (χ3n) is 9.76. The van der Waals surface area contributed by atoms with Gasteiger partial charge in [-0.25, -0.2) is 0 Å². The summed E-state index contributed by atoms with van der Waals surface area (Å²) in [5.74, 6) is 1.41. The van der Waals surface area contributed by atoms with Crippen molar-refractivity contribution in [3.05, 3.63) is 187 Å². The van der Waals surface area contributed by atoms with E-state index in [0.29, 0.717) is 11.5 Å². The summed E-state index contributed by atoms with van der Waals surface area (Å²) < 4.78 is 8.59. The third-order valence-corrected chi connectivity index (χ3v) is 9.76. The number of nitrogens with zero attached hydrogens (tertiary/aromatic N) is 3. The zero-order chi connectivity index (χ0) is 34.3. The van der Waals surface area contributed by atoms with Crippen LogP contribution in [0.25, 0.3) is 66.6 Å². The smallest absolute Gasteiger partial charge is 0.179 e. The van der Waals surface area contributed by atoms with E-state index in [4.69, 9.17) is 4.74 Å². The Hall–Kier alpha value is -6.78. The standard InChI is InChI=1S/C47H33N3O/c1-48-45(47-46(49-2)39-15-9-10-16-44(39)51-47)35-19-17-33(18-20-35)34-21-25-38(26-22-34)50-42-27-23-36(31-11-5-3-6-12-31)29-40(42)41-30-37(24-28-43(41)50)32-13-7-4-8-14-32/h3-30H,1H2,2H3/b47-45+,49-46?. The molecule has 2 heterocycles. The van der Waals surface area contributed by atoms with E-state index >= 15 is 0 Å². The van der Waals surface area contributed by atoms with Crippen LogP contribution in [0.2, 0.25) is 0 Å². The Bertz CT molecular complexity index is 2550. The van der Waals surface area contributed by atoms with E-state index in [1.807, 2.05) is 24.3 Å². The SMILES string of the molecule is C=N/C(=C1/Oc2ccccc2C1=NC)c1ccc(-c2ccc(-n3c4ccc(-c5ccccc5)cc4c4cc(-c5ccccc5)ccc43)cc2)cc1. The van der Waals surface area contributed by atoms with E-state index in [2.05, 4.69) is 167 Å². The van der Waals surface area contributed by atoms with Crippen molar-refractivity contribution in [2.45, 2.75) is 0 Å². The summed E-state index contributed by atoms with van der Waals surface area (Å²) in [5.41, 5.74) is 13.9. The lowest BCUT2D eigenvalue weighted by atomic mass is 10.0. The largest absolute Gasteiger partial charge is 0.452 e. The number of rotatable bonds is 6. The third kappa shape index (κ3) is 5.25. The molecule has 4 heteroatoms. The van der Waals surface area contributed by atoms with E-state index in [1.54, 1.807) is 7.05 Å². The van der Waals surface area contributed by atoms with Gasteiger partial charge in [0.15, 0.2) is 5.76 Å². The first kappa shape index (κ1) is 30.3. The van der Waals surface area contributed by atoms with Gasteiger partial charge in [0.2, 0.25) is 0 Å². The summed E-state index contributed by atoms with van der Waals surface area (Å²) in [7, 11) is 1.78. The van der Waals surface area contributed by atoms with Gasteiger partial charge in [0, 0.05) is 34.6 Å². The van der Waals surface area contributed by atoms with Crippen molar-refractivity contribution in [2.75, 3.05) is 7.05 Å². The molecule has 0 aliphatic carbocycles. The first-order valence-corrected chi connectivity index (χ1v) is 17.1. The van der Waals surface area contributed by atoms with Gasteiger partial charge in [-0.05, 0) is 88.6 Å². The minimum absolute atomic E-state index is 0.628. The Morgan fingerprint density at radius 3 is 1.57 bits per heavy atom. The molecule has 1 aromatic heterocycles. The highest BCUT2D eigenvalue weighted by atomic mass is 16.5. The van der Waals surface area contributed by atoms with Crippen molar-refractivity contribution in [2.24, 2.45) is 9.98 Å². The average Bonchev–Trinajstić information content (AvgIpc) is 3.74. The number of ether oxygens (including phenoxy) is 1. The van der Waals surface area contributed by atoms with E-state index in [1.165, 1.54) is 44.1 Å². The van der Waals surface area contributed by atoms with Gasteiger partial charge in [0.05, 0.1) is 11.0 Å². The molecule has 0 N–H and O–H groups in total. The van der Waals surface area contributed by atoms with Gasteiger partial charge in [-0.1, -0.05) is 121 Å². The van der Waals surface area contributed by atoms with E-state index in [0.717, 1.165) is 39.4 Å². The molecular weight excluding hydrogens is 623 g/mol. The van der Waals surface area contributed by atoms with Gasteiger partial charge in [0.25, 0.3) is 0 Å². The van der Waals surface area contributed by atoms with E-state index in [-0.39, 0.29) is 0 Å². The minimum Gasteiger partial charge on any atom is -0.452 e. The second kappa shape index (κ2) is 12.6. The summed E-state index contributed by atoms with van der Waals surface area (Å²) in [6.45, 7) is 3.87. The molecule has 7 aromatic carbocycles. The number of para-hydroxylation sites is 1. The number of aliphatic imine (C=N–C) groups is 2. The molecule has 1 aliphatic heterocycles. The van der Waals surface area contributed by atoms with Crippen molar-refractivity contribution in [3.63, 3.8) is 0 Å². The minimum atomic E-state index is 0.628. The number of hydrogen-bond acceptors (Lipinski definition) is 3. The number of allylic oxidation sites excluding steroid dienone is 1. The fourth-order valence-electron chi connectivity index (χ4n) is 7.25. The summed E-state index contributed by atoms with van der Waals surface area (Å²) >= 11 is 0. The Morgan fingerprint density at radius 2 is 1.02 bits per heavy atom. The Balaban J connectivity index is 1.09. The predicted octanol–water partition coefficient (Wildman–Crippen LogP) is 11.7. The zero-order valence-electron chi connectivity index (χ0n) is 28.1. The molecule has 1 aliphatic rings. The molecule has 8 aromatic rings. The quantitative estimate of drug-likeness (QED) is 0.164. The fraction of sp³-hybridized carbons (Fsp3) is 0.0213. The molecule has 4 nitrogen and oxygen atoms in total. The molecular formula is C47H33N3O. The van der Waals surface area contributed by atoms with Gasteiger partial charge >= 0.3 is 0 Å². The number of fused-ring (bicyclic) bond motifs is 4. The van der Waals surface area contributed by atoms with Crippen LogP contribution in [0.5, 0.6) is 5.75 Å². The van der Waals surface area contributed by atoms with Gasteiger partial charge in [-0.2, -0.15) is 0 Å². The molecule has 0 saturated carbocycles. The Kier molecular flexibility index (Phi) is 7.48. The van der Waals surface area contributed by atoms with Crippen molar-refractivity contribution < 1.29 is 4.74 Å². The second-order valence-corrected chi connectivity index (χ2v) is 12.7. The Labute approximate surface area is 297 Å². The monoisotopic (exact) mass is 655 g/mol. The van der Waals surface area contributed by atoms with Crippen LogP contribution in [-0.4, -0.2) is 24.0 Å². The van der Waals surface area contributed by atoms with Crippen molar-refractivity contribution in [3.8, 4) is 44.8 Å². The topological polar surface area (TPSA) is 38.9 Å². The highest BCUT2D eigenvalue weighted by Crippen LogP contribution is 2.39. The summed E-state index contributed by atoms with van der Waals surface area (Å²) in [5, 5.41) is 2.46. The molecule has 0 fully saturated rings. The van der Waals surface area contributed by atoms with Crippen molar-refractivity contribution >= 4 is 39.9 Å². The van der Waals surface area contributed by atoms with Gasteiger partial charge in [0.1, 0.15) is 17.2 Å². The van der Waals surface area contributed by atoms with Crippen LogP contribution >= 0.6 is 0 Å². The second-order valence-electron chi connectivity index (χ2n) is 12.7. The van der Waals surface area contributed by atoms with E-state index < -0.39 is 0 Å². The van der Waals surface area contributed by atoms with Crippen molar-refractivity contribution in [1.82, 2.24) is 4.57 Å². The lowest BCUT2D eigenvalue weighted by Gasteiger charge is -2.11. The maximum absolute atomic E-state index is 6.21. The number of hydrogen-bond donors (Lipinski definition) is 0. The van der Waals surface area contributed by atoms with Crippen LogP contribution in [0.3, 0.4) is 0 Å². The maximum atomic E-state index is 6.21. The lowest BCUT2D eigenvalue weighted by Crippen LogP contribution is -2.04. The van der Waals surface area contributed by atoms with Crippen molar-refractivity contribution in [1.29, 1.82) is 0 Å². The highest BCUT2D eigenvalue weighted by Gasteiger charge is 2.28. The summed E-state index contributed by atoms with van der Waals surface area (Å²) in [6, 6.07) is 60.0. The number of benzene rings is 7. The van der Waals surface area contributed by atoms with E-state index in [9.17, 15) is 0 Å². The first-order chi connectivity index (χ1) is 25.2. The molecule has 9 rings (SSSR count). The van der Waals surface area contributed by atoms with Gasteiger partial charge in [-0.15, -0.1) is 0 Å². The van der Waals surface area contributed by atoms with Crippen LogP contribution in [0.4, 0.5) is 0 Å². The first-order valence-electron chi connectivity index (χ1n) is 17.1. The molecule has 51 heavy (non-hydrogen) atoms. The number of aromatic nitrogens is 1. The lowest BCUT2D eigenvalue weighted by molar-refractivity contribution is 0.470. The van der Waals surface area contributed by atoms with Crippen LogP contribution in [0.15, 0.2) is 186 Å². The molecule has 242 valence electrons. The molecule has 0 spiro atoms. The fourth-order valence-corrected chi connectivity index (χ4v) is 7.25. The molecule has 0 bridgehead atoms. The average molecular weight is 656 g/mol. The van der Waals surface area contributed by atoms with Crippen LogP contribution < -0.4 is 4.74 Å². The molecule has 0 unspecified atom stereocenters. The van der Waals surface area contributed by atoms with Crippen LogP contribution in [0, 0.1) is 0 Å². The zero-order valence-corrected chi connectivity index (χ0v) is 28.1. The molecule has 0 saturated heterocycles. The predicted molar refractivity (Wildman–Crippen MR) is 213 cm³/mol. The highest BCUT2D eigenvalue weighted by molar-refractivity contribution is 6.19. The Morgan fingerprint density at radius 1 is 0.529 bits per heavy atom. The maximum Gasteiger partial charge on any atom is 0.179 e. The molecule has 0 amide bonds. The van der Waals surface area contributed by atoms with Gasteiger partial charge in [-0.3, -0.25) is 9.98 Å². The normalized spacial score (nSPS) is 14.1. The van der Waals surface area contributed by atoms with Gasteiger partial charge < -0.3 is 9.30 Å². The van der Waals surface area contributed by atoms with Crippen LogP contribution in [-0.2, 0) is 0 Å². The van der Waals surface area contributed by atoms with Crippen LogP contribution in [0.1, 0.15) is 11.1 Å². The summed E-state index contributed by atoms with van der Waals surface area (Å²) in [6.07, 6.45) is 0.